The fourth-order valence-corrected chi connectivity index (χ4v) is 11.1. The molecule has 0 aromatic heterocycles. The van der Waals surface area contributed by atoms with Crippen molar-refractivity contribution in [2.24, 2.45) is 35.5 Å². The number of aliphatic hydroxyl groups is 3. The van der Waals surface area contributed by atoms with Gasteiger partial charge in [0.05, 0.1) is 24.4 Å². The van der Waals surface area contributed by atoms with E-state index in [4.69, 9.17) is 18.9 Å². The molecule has 2 aliphatic carbocycles. The molecule has 14 nitrogen and oxygen atoms in total. The first-order valence-corrected chi connectivity index (χ1v) is 27.4. The Labute approximate surface area is 437 Å². The standard InChI is InChI=1S/C59H92N2O12/c1-38(33-42(5)53(64)55(72-10)54(65)43(6)35-41(4)49(62)28-24-39(2)34-46-26-29-50(63)52(36-46)71-9)19-13-11-14-20-40(3)51(70-8)37-47-27-25-44(7)59(69,73-47)56(66)58(68)61-32-18-17-23-48(61)57(67)60-31-30-45-21-15-12-16-22-45/h11,13-14,19-21,24,28,35,38-39,41-42,44,46-48,50-52,54-55,63,65,69H,12,15-18,22-23,25-27,29-34,36-37H2,1-10H3,(H,60,67)/b14-11+,19-13+,28-24+,40-20+,43-35+/t38-,39+,41-,42-,44-,46+,47+,48+,50-,51+,52-,54-,55+,59-/m1/s1. The first kappa shape index (κ1) is 61.7. The number of aliphatic hydroxyl groups excluding tert-OH is 2. The van der Waals surface area contributed by atoms with Gasteiger partial charge in [0.15, 0.2) is 11.6 Å². The number of hydrogen-bond donors (Lipinski definition) is 4. The molecule has 73 heavy (non-hydrogen) atoms. The SMILES string of the molecule is CO[C@@H](C[C@@H]1CC[C@@H](C)[C@](O)(C(=O)C(=O)N2CCCC[C@H]2C(=O)NCCC2=CCCCC2)O1)/C(C)=C/C=C/C=C/[C@@H](C)C[C@@H](C)C(=O)[C@H](OC)[C@H](O)/C(C)=C/[C@@H](C)C(=O)/C=C/[C@H](C)C[C@@H]1CC[C@@H](O)[C@H](OC)C1. The number of nitrogens with zero attached hydrogens (tertiary/aromatic N) is 1. The molecule has 1 saturated carbocycles. The van der Waals surface area contributed by atoms with Crippen molar-refractivity contribution >= 4 is 29.2 Å². The Morgan fingerprint density at radius 2 is 1.64 bits per heavy atom. The molecule has 3 fully saturated rings. The highest BCUT2D eigenvalue weighted by Crippen LogP contribution is 2.37. The summed E-state index contributed by atoms with van der Waals surface area (Å²) in [6.07, 6.45) is 25.6. The molecule has 0 aromatic carbocycles. The summed E-state index contributed by atoms with van der Waals surface area (Å²) in [5.74, 6) is -5.78. The van der Waals surface area contributed by atoms with E-state index in [1.165, 1.54) is 24.0 Å². The second-order valence-electron chi connectivity index (χ2n) is 21.9. The van der Waals surface area contributed by atoms with E-state index in [-0.39, 0.29) is 42.0 Å². The number of methoxy groups -OCH3 is 3. The van der Waals surface area contributed by atoms with Crippen LogP contribution in [0.25, 0.3) is 0 Å². The Morgan fingerprint density at radius 1 is 0.890 bits per heavy atom. The number of carbonyl (C=O) groups excluding carboxylic acids is 5. The molecule has 2 saturated heterocycles. The highest BCUT2D eigenvalue weighted by atomic mass is 16.6. The average Bonchev–Trinajstić information content (AvgIpc) is 3.38. The van der Waals surface area contributed by atoms with Crippen molar-refractivity contribution in [1.82, 2.24) is 10.2 Å². The van der Waals surface area contributed by atoms with Crippen molar-refractivity contribution in [3.63, 3.8) is 0 Å². The summed E-state index contributed by atoms with van der Waals surface area (Å²) in [6, 6.07) is -0.778. The lowest BCUT2D eigenvalue weighted by atomic mass is 9.80. The maximum Gasteiger partial charge on any atom is 0.296 e. The van der Waals surface area contributed by atoms with Gasteiger partial charge in [0.1, 0.15) is 18.2 Å². The number of allylic oxidation sites excluding steroid dienone is 9. The smallest absolute Gasteiger partial charge is 0.296 e. The Hall–Kier alpha value is -3.89. The molecule has 4 aliphatic rings. The van der Waals surface area contributed by atoms with E-state index in [2.05, 4.69) is 18.3 Å². The van der Waals surface area contributed by atoms with E-state index in [0.29, 0.717) is 63.0 Å². The van der Waals surface area contributed by atoms with Gasteiger partial charge in [-0.2, -0.15) is 0 Å². The van der Waals surface area contributed by atoms with Crippen LogP contribution in [0, 0.1) is 35.5 Å². The van der Waals surface area contributed by atoms with Crippen molar-refractivity contribution in [1.29, 1.82) is 0 Å². The van der Waals surface area contributed by atoms with Crippen LogP contribution in [0.15, 0.2) is 71.4 Å². The molecular formula is C59H92N2O12. The zero-order valence-electron chi connectivity index (χ0n) is 45.9. The van der Waals surface area contributed by atoms with E-state index >= 15 is 0 Å². The van der Waals surface area contributed by atoms with Crippen LogP contribution in [-0.2, 0) is 42.9 Å². The second kappa shape index (κ2) is 30.6. The Kier molecular flexibility index (Phi) is 25.9. The maximum absolute atomic E-state index is 13.9. The number of ether oxygens (including phenoxy) is 4. The predicted octanol–water partition coefficient (Wildman–Crippen LogP) is 8.43. The van der Waals surface area contributed by atoms with Gasteiger partial charge in [-0.1, -0.05) is 88.8 Å². The third-order valence-corrected chi connectivity index (χ3v) is 15.9. The van der Waals surface area contributed by atoms with Crippen molar-refractivity contribution < 1.29 is 58.2 Å². The monoisotopic (exact) mass is 1020 g/mol. The van der Waals surface area contributed by atoms with E-state index < -0.39 is 71.8 Å². The van der Waals surface area contributed by atoms with Gasteiger partial charge >= 0.3 is 0 Å². The van der Waals surface area contributed by atoms with Crippen LogP contribution in [0.5, 0.6) is 0 Å². The topological polar surface area (TPSA) is 198 Å². The van der Waals surface area contributed by atoms with Gasteiger partial charge in [-0.25, -0.2) is 0 Å². The number of hydrogen-bond acceptors (Lipinski definition) is 12. The molecule has 0 bridgehead atoms. The van der Waals surface area contributed by atoms with Gasteiger partial charge in [0, 0.05) is 58.6 Å². The number of likely N-dealkylation sites (tertiary alicyclic amines) is 1. The molecule has 4 N–H and O–H groups in total. The number of nitrogens with one attached hydrogen (secondary N) is 1. The van der Waals surface area contributed by atoms with Gasteiger partial charge in [-0.15, -0.1) is 0 Å². The molecule has 2 aliphatic heterocycles. The number of piperidine rings is 1. The molecule has 410 valence electrons. The fourth-order valence-electron chi connectivity index (χ4n) is 11.1. The van der Waals surface area contributed by atoms with Gasteiger partial charge in [0.2, 0.25) is 11.7 Å². The van der Waals surface area contributed by atoms with Crippen molar-refractivity contribution in [3.8, 4) is 0 Å². The first-order chi connectivity index (χ1) is 34.7. The summed E-state index contributed by atoms with van der Waals surface area (Å²) in [7, 11) is 4.63. The number of ketones is 3. The third-order valence-electron chi connectivity index (χ3n) is 15.9. The van der Waals surface area contributed by atoms with Crippen LogP contribution >= 0.6 is 0 Å². The summed E-state index contributed by atoms with van der Waals surface area (Å²) < 4.78 is 23.0. The quantitative estimate of drug-likeness (QED) is 0.0266. The minimum Gasteiger partial charge on any atom is -0.390 e. The summed E-state index contributed by atoms with van der Waals surface area (Å²) >= 11 is 0. The van der Waals surface area contributed by atoms with E-state index in [9.17, 15) is 39.3 Å². The molecule has 0 spiro atoms. The summed E-state index contributed by atoms with van der Waals surface area (Å²) in [6.45, 7) is 13.8. The Bertz CT molecular complexity index is 2010. The average molecular weight is 1020 g/mol. The molecule has 0 aromatic rings. The van der Waals surface area contributed by atoms with Gasteiger partial charge in [-0.3, -0.25) is 24.0 Å². The lowest BCUT2D eigenvalue weighted by Gasteiger charge is -2.42. The second-order valence-corrected chi connectivity index (χ2v) is 21.9. The van der Waals surface area contributed by atoms with Crippen LogP contribution in [-0.4, -0.2) is 132 Å². The first-order valence-electron chi connectivity index (χ1n) is 27.4. The zero-order chi connectivity index (χ0) is 53.8. The molecule has 2 amide bonds. The molecule has 2 heterocycles. The number of amides is 2. The molecule has 0 unspecified atom stereocenters. The van der Waals surface area contributed by atoms with Crippen molar-refractivity contribution in [2.75, 3.05) is 34.4 Å². The maximum atomic E-state index is 13.9. The van der Waals surface area contributed by atoms with Crippen LogP contribution in [0.4, 0.5) is 0 Å². The minimum atomic E-state index is -2.33. The highest BCUT2D eigenvalue weighted by Gasteiger charge is 2.52. The summed E-state index contributed by atoms with van der Waals surface area (Å²) in [5.41, 5.74) is 2.73. The van der Waals surface area contributed by atoms with E-state index in [1.54, 1.807) is 47.1 Å². The molecule has 0 radical (unpaired) electrons. The van der Waals surface area contributed by atoms with Crippen LogP contribution in [0.1, 0.15) is 151 Å². The van der Waals surface area contributed by atoms with Crippen molar-refractivity contribution in [2.45, 2.75) is 200 Å². The van der Waals surface area contributed by atoms with Gasteiger partial charge in [-0.05, 0) is 145 Å². The fraction of sp³-hybridized carbons (Fsp3) is 0.712. The van der Waals surface area contributed by atoms with Gasteiger partial charge in [0.25, 0.3) is 11.7 Å². The molecule has 14 heteroatoms. The lowest BCUT2D eigenvalue weighted by Crippen LogP contribution is -2.61. The Balaban J connectivity index is 1.25. The van der Waals surface area contributed by atoms with Crippen molar-refractivity contribution in [3.05, 3.63) is 71.4 Å². The summed E-state index contributed by atoms with van der Waals surface area (Å²) in [5, 5.41) is 36.2. The van der Waals surface area contributed by atoms with E-state index in [0.717, 1.165) is 56.9 Å². The molecule has 14 atom stereocenters. The lowest BCUT2D eigenvalue weighted by molar-refractivity contribution is -0.265. The molecule has 4 rings (SSSR count). The van der Waals surface area contributed by atoms with Crippen LogP contribution in [0.2, 0.25) is 0 Å². The number of rotatable bonds is 27. The predicted molar refractivity (Wildman–Crippen MR) is 284 cm³/mol. The van der Waals surface area contributed by atoms with Crippen LogP contribution in [0.3, 0.4) is 0 Å². The summed E-state index contributed by atoms with van der Waals surface area (Å²) in [4.78, 5) is 69.1. The van der Waals surface area contributed by atoms with E-state index in [1.807, 2.05) is 57.2 Å². The zero-order valence-corrected chi connectivity index (χ0v) is 45.9. The third kappa shape index (κ3) is 18.4. The number of Topliss-reactive ketones (excluding diaryl/α,β-unsaturated/α-hetero) is 2. The van der Waals surface area contributed by atoms with Crippen LogP contribution < -0.4 is 5.32 Å². The highest BCUT2D eigenvalue weighted by molar-refractivity contribution is 6.39. The molecular weight excluding hydrogens is 929 g/mol. The Morgan fingerprint density at radius 3 is 2.33 bits per heavy atom. The number of carbonyl (C=O) groups is 5. The normalized spacial score (nSPS) is 28.6. The largest absolute Gasteiger partial charge is 0.390 e. The van der Waals surface area contributed by atoms with Gasteiger partial charge < -0.3 is 44.5 Å². The minimum absolute atomic E-state index is 0.0239.